The molecule has 0 nitrogen and oxygen atoms in total. The van der Waals surface area contributed by atoms with Crippen molar-refractivity contribution in [1.82, 2.24) is 0 Å². The molecule has 1 aromatic carbocycles. The van der Waals surface area contributed by atoms with Gasteiger partial charge < -0.3 is 0 Å². The van der Waals surface area contributed by atoms with Gasteiger partial charge >= 0.3 is 0 Å². The first-order chi connectivity index (χ1) is 6.20. The van der Waals surface area contributed by atoms with Crippen LogP contribution in [0.25, 0.3) is 4.48 Å². The second-order valence-corrected chi connectivity index (χ2v) is 5.63. The molecule has 0 aliphatic carbocycles. The Labute approximate surface area is 102 Å². The van der Waals surface area contributed by atoms with E-state index < -0.39 is 0 Å². The summed E-state index contributed by atoms with van der Waals surface area (Å²) in [6.07, 6.45) is 0. The van der Waals surface area contributed by atoms with E-state index in [-0.39, 0.29) is 0 Å². The van der Waals surface area contributed by atoms with Crippen molar-refractivity contribution >= 4 is 52.3 Å². The first kappa shape index (κ1) is 11.0. The van der Waals surface area contributed by atoms with Crippen molar-refractivity contribution in [3.05, 3.63) is 50.7 Å². The van der Waals surface area contributed by atoms with Crippen LogP contribution >= 0.6 is 47.8 Å². The maximum absolute atomic E-state index is 3.40. The Kier molecular flexibility index (Phi) is 4.79. The van der Waals surface area contributed by atoms with E-state index >= 15 is 0 Å². The predicted octanol–water partition coefficient (Wildman–Crippen LogP) is 4.81. The molecule has 0 atom stereocenters. The first-order valence-corrected chi connectivity index (χ1v) is 5.86. The quantitative estimate of drug-likeness (QED) is 0.627. The molecule has 0 fully saturated rings. The van der Waals surface area contributed by atoms with Gasteiger partial charge in [0.15, 0.2) is 0 Å². The number of hydrogen-bond acceptors (Lipinski definition) is 0. The maximum atomic E-state index is 3.40. The zero-order valence-electron chi connectivity index (χ0n) is 6.52. The Hall–Kier alpha value is -0.0400. The van der Waals surface area contributed by atoms with Gasteiger partial charge in [-0.25, -0.2) is 0 Å². The molecule has 1 aromatic rings. The van der Waals surface area contributed by atoms with Crippen molar-refractivity contribution in [2.45, 2.75) is 0 Å². The lowest BCUT2D eigenvalue weighted by molar-refractivity contribution is 1.66. The largest absolute Gasteiger partial charge is 0.110 e. The maximum Gasteiger partial charge on any atom is 0.110 e. The molecule has 0 aromatic heterocycles. The molecule has 1 rings (SSSR count). The van der Waals surface area contributed by atoms with E-state index in [1.54, 1.807) is 0 Å². The van der Waals surface area contributed by atoms with Crippen molar-refractivity contribution in [2.24, 2.45) is 0 Å². The van der Waals surface area contributed by atoms with Crippen molar-refractivity contribution in [3.8, 4) is 0 Å². The average Bonchev–Trinajstić information content (AvgIpc) is 2.15. The van der Waals surface area contributed by atoms with Crippen LogP contribution in [0.5, 0.6) is 0 Å². The third-order valence-electron chi connectivity index (χ3n) is 1.29. The minimum absolute atomic E-state index is 0.743. The number of benzene rings is 1. The average molecular weight is 365 g/mol. The van der Waals surface area contributed by atoms with Gasteiger partial charge in [-0.05, 0) is 59.1 Å². The van der Waals surface area contributed by atoms with Crippen LogP contribution in [0, 0.1) is 0 Å². The number of halogens is 3. The molecule has 13 heavy (non-hydrogen) atoms. The Bertz CT molecular complexity index is 376. The molecule has 0 saturated heterocycles. The van der Waals surface area contributed by atoms with Crippen LogP contribution in [0.15, 0.2) is 45.2 Å². The van der Waals surface area contributed by atoms with Gasteiger partial charge in [0.1, 0.15) is 3.39 Å². The summed E-state index contributed by atoms with van der Waals surface area (Å²) in [4.78, 5) is 0. The third-order valence-corrected chi connectivity index (χ3v) is 2.35. The molecule has 0 aliphatic rings. The lowest BCUT2D eigenvalue weighted by Crippen LogP contribution is -1.70. The Morgan fingerprint density at radius 1 is 0.923 bits per heavy atom. The molecule has 0 N–H and O–H groups in total. The van der Waals surface area contributed by atoms with Crippen LogP contribution in [0.4, 0.5) is 0 Å². The summed E-state index contributed by atoms with van der Waals surface area (Å²) in [5.41, 5.74) is 6.89. The highest BCUT2D eigenvalue weighted by molar-refractivity contribution is 9.28. The zero-order chi connectivity index (χ0) is 9.68. The fourth-order valence-corrected chi connectivity index (χ4v) is 1.32. The van der Waals surface area contributed by atoms with Gasteiger partial charge in [0.2, 0.25) is 0 Å². The summed E-state index contributed by atoms with van der Waals surface area (Å²) in [6.45, 7) is 0. The molecule has 0 aliphatic heterocycles. The highest BCUT2D eigenvalue weighted by atomic mass is 79.9. The molecule has 0 saturated carbocycles. The van der Waals surface area contributed by atoms with Crippen LogP contribution in [0.2, 0.25) is 0 Å². The molecule has 0 heterocycles. The smallest absolute Gasteiger partial charge is 0.0622 e. The fourth-order valence-electron chi connectivity index (χ4n) is 0.759. The van der Waals surface area contributed by atoms with E-state index in [2.05, 4.69) is 59.3 Å². The van der Waals surface area contributed by atoms with E-state index in [4.69, 9.17) is 0 Å². The van der Waals surface area contributed by atoms with Gasteiger partial charge in [-0.3, -0.25) is 0 Å². The lowest BCUT2D eigenvalue weighted by Gasteiger charge is -1.92. The van der Waals surface area contributed by atoms with Gasteiger partial charge in [0.05, 0.1) is 4.48 Å². The van der Waals surface area contributed by atoms with Gasteiger partial charge in [-0.15, -0.1) is 0 Å². The number of hydrogen-bond donors (Lipinski definition) is 0. The van der Waals surface area contributed by atoms with E-state index in [0.717, 1.165) is 13.4 Å². The molecule has 66 valence electrons. The van der Waals surface area contributed by atoms with Gasteiger partial charge in [-0.1, -0.05) is 36.1 Å². The van der Waals surface area contributed by atoms with Crippen molar-refractivity contribution in [1.29, 1.82) is 0 Å². The van der Waals surface area contributed by atoms with Crippen molar-refractivity contribution in [2.75, 3.05) is 0 Å². The standard InChI is InChI=1S/C10H5Br3/c11-9(6-7-10(12)13)8-4-2-1-3-5-8/h1-5H. The zero-order valence-corrected chi connectivity index (χ0v) is 11.3. The van der Waals surface area contributed by atoms with Crippen LogP contribution < -0.4 is 0 Å². The van der Waals surface area contributed by atoms with E-state index in [0.29, 0.717) is 0 Å². The molecule has 0 bridgehead atoms. The van der Waals surface area contributed by atoms with E-state index in [9.17, 15) is 0 Å². The minimum atomic E-state index is 0.743. The molecule has 0 spiro atoms. The minimum Gasteiger partial charge on any atom is -0.0622 e. The second-order valence-electron chi connectivity index (χ2n) is 2.19. The summed E-state index contributed by atoms with van der Waals surface area (Å²) in [5, 5.41) is 0. The summed E-state index contributed by atoms with van der Waals surface area (Å²) >= 11 is 9.80. The fraction of sp³-hybridized carbons (Fsp3) is 0. The molecule has 0 amide bonds. The highest BCUT2D eigenvalue weighted by Gasteiger charge is 1.92. The van der Waals surface area contributed by atoms with Gasteiger partial charge in [-0.2, -0.15) is 0 Å². The summed E-state index contributed by atoms with van der Waals surface area (Å²) in [5.74, 6) is 0. The SMILES string of the molecule is BrC(Br)=C=C=C(Br)c1ccccc1. The monoisotopic (exact) mass is 362 g/mol. The van der Waals surface area contributed by atoms with Crippen LogP contribution in [0.1, 0.15) is 5.56 Å². The summed E-state index contributed by atoms with van der Waals surface area (Å²) in [6, 6.07) is 9.93. The van der Waals surface area contributed by atoms with Gasteiger partial charge in [0.25, 0.3) is 0 Å². The summed E-state index contributed by atoms with van der Waals surface area (Å²) < 4.78 is 1.62. The van der Waals surface area contributed by atoms with E-state index in [1.807, 2.05) is 30.3 Å². The highest BCUT2D eigenvalue weighted by Crippen LogP contribution is 2.19. The normalized spacial score (nSPS) is 8.54. The Morgan fingerprint density at radius 3 is 2.08 bits per heavy atom. The number of rotatable bonds is 1. The summed E-state index contributed by atoms with van der Waals surface area (Å²) in [7, 11) is 0. The predicted molar refractivity (Wildman–Crippen MR) is 67.2 cm³/mol. The second kappa shape index (κ2) is 5.64. The van der Waals surface area contributed by atoms with Crippen LogP contribution in [-0.4, -0.2) is 0 Å². The van der Waals surface area contributed by atoms with Crippen molar-refractivity contribution < 1.29 is 0 Å². The van der Waals surface area contributed by atoms with Crippen molar-refractivity contribution in [3.63, 3.8) is 0 Å². The molecule has 3 heteroatoms. The molecular weight excluding hydrogens is 360 g/mol. The molecule has 0 radical (unpaired) electrons. The van der Waals surface area contributed by atoms with E-state index in [1.165, 1.54) is 0 Å². The molecule has 0 unspecified atom stereocenters. The van der Waals surface area contributed by atoms with Crippen LogP contribution in [-0.2, 0) is 0 Å². The molecular formula is C10H5Br3. The van der Waals surface area contributed by atoms with Crippen LogP contribution in [0.3, 0.4) is 0 Å². The third kappa shape index (κ3) is 4.12. The Morgan fingerprint density at radius 2 is 1.54 bits per heavy atom. The first-order valence-electron chi connectivity index (χ1n) is 3.48. The Balaban J connectivity index is 3.13. The van der Waals surface area contributed by atoms with Gasteiger partial charge in [0, 0.05) is 0 Å². The lowest BCUT2D eigenvalue weighted by atomic mass is 10.2. The topological polar surface area (TPSA) is 0 Å².